The molecule has 2 aromatic heterocycles. The van der Waals surface area contributed by atoms with Gasteiger partial charge >= 0.3 is 0 Å². The predicted octanol–water partition coefficient (Wildman–Crippen LogP) is 21.0. The highest BCUT2D eigenvalue weighted by Gasteiger charge is 2.26. The Kier molecular flexibility index (Phi) is 11.1. The molecular weight excluding hydrogens is 990 g/mol. The number of H-pyrrole nitrogens is 2. The first-order chi connectivity index (χ1) is 39.1. The highest BCUT2D eigenvalue weighted by Crippen LogP contribution is 2.52. The van der Waals surface area contributed by atoms with Gasteiger partial charge in [-0.25, -0.2) is 0 Å². The molecule has 17 rings (SSSR count). The molecule has 5 heterocycles. The van der Waals surface area contributed by atoms with Crippen molar-refractivity contribution in [1.82, 2.24) is 9.97 Å². The number of fused-ring (bicyclic) bond motifs is 22. The summed E-state index contributed by atoms with van der Waals surface area (Å²) >= 11 is 6.30. The predicted molar refractivity (Wildman–Crippen MR) is 326 cm³/mol. The summed E-state index contributed by atoms with van der Waals surface area (Å²) in [6.45, 7) is 0. The first kappa shape index (κ1) is 46.1. The Labute approximate surface area is 460 Å². The Bertz CT molecular complexity index is 4710. The fourth-order valence-corrected chi connectivity index (χ4v) is 11.8. The number of aromatic amines is 2. The fourth-order valence-electron chi connectivity index (χ4n) is 11.6. The largest absolute Gasteiger partial charge is 0.456 e. The molecule has 3 aliphatic rings. The minimum atomic E-state index is 0.691. The van der Waals surface area contributed by atoms with Crippen LogP contribution in [0.25, 0.3) is 110 Å². The van der Waals surface area contributed by atoms with Crippen molar-refractivity contribution in [2.45, 2.75) is 0 Å². The van der Waals surface area contributed by atoms with Crippen LogP contribution < -0.4 is 19.5 Å². The van der Waals surface area contributed by atoms with Gasteiger partial charge in [0.05, 0.1) is 10.7 Å². The van der Waals surface area contributed by atoms with E-state index in [-0.39, 0.29) is 0 Å². The first-order valence-corrected chi connectivity index (χ1v) is 26.8. The van der Waals surface area contributed by atoms with Crippen molar-refractivity contribution in [3.63, 3.8) is 0 Å². The molecule has 14 aromatic rings. The number of hydrogen-bond donors (Lipinski definition) is 3. The van der Waals surface area contributed by atoms with Gasteiger partial charge in [0.25, 0.3) is 0 Å². The summed E-state index contributed by atoms with van der Waals surface area (Å²) in [4.78, 5) is 7.09. The van der Waals surface area contributed by atoms with Crippen molar-refractivity contribution in [3.8, 4) is 101 Å². The molecule has 0 aliphatic carbocycles. The molecule has 0 fully saturated rings. The van der Waals surface area contributed by atoms with Crippen LogP contribution in [0.3, 0.4) is 0 Å². The van der Waals surface area contributed by atoms with E-state index in [0.29, 0.717) is 5.02 Å². The zero-order chi connectivity index (χ0) is 52.4. The molecule has 0 amide bonds. The Hall–Kier alpha value is -10.3. The Balaban J connectivity index is 0.000000103. The molecule has 0 spiro atoms. The Morgan fingerprint density at radius 1 is 0.278 bits per heavy atom. The second kappa shape index (κ2) is 19.1. The van der Waals surface area contributed by atoms with E-state index >= 15 is 0 Å². The van der Waals surface area contributed by atoms with Gasteiger partial charge in [-0.1, -0.05) is 188 Å². The van der Waals surface area contributed by atoms with Crippen LogP contribution in [-0.2, 0) is 0 Å². The van der Waals surface area contributed by atoms with Crippen LogP contribution in [0.2, 0.25) is 5.02 Å². The molecule has 12 aromatic carbocycles. The van der Waals surface area contributed by atoms with Crippen molar-refractivity contribution in [2.24, 2.45) is 0 Å². The zero-order valence-corrected chi connectivity index (χ0v) is 43.2. The van der Waals surface area contributed by atoms with Crippen LogP contribution in [0.15, 0.2) is 261 Å². The summed E-state index contributed by atoms with van der Waals surface area (Å²) < 4.78 is 19.1. The molecule has 0 bridgehead atoms. The molecule has 0 atom stereocenters. The third-order valence-corrected chi connectivity index (χ3v) is 15.5. The van der Waals surface area contributed by atoms with Gasteiger partial charge in [-0.05, 0) is 118 Å². The van der Waals surface area contributed by atoms with E-state index in [1.165, 1.54) is 49.4 Å². The number of nitrogens with one attached hydrogen (secondary N) is 3. The number of aromatic nitrogens is 2. The summed E-state index contributed by atoms with van der Waals surface area (Å²) in [5.74, 6) is 5.32. The maximum Gasteiger partial charge on any atom is 0.136 e. The maximum atomic E-state index is 6.40. The average molecular weight is 1040 g/mol. The molecule has 3 N–H and O–H groups in total. The van der Waals surface area contributed by atoms with Gasteiger partial charge < -0.3 is 29.5 Å². The lowest BCUT2D eigenvalue weighted by Gasteiger charge is -2.13. The monoisotopic (exact) mass is 1040 g/mol. The van der Waals surface area contributed by atoms with E-state index in [1.54, 1.807) is 0 Å². The van der Waals surface area contributed by atoms with Crippen LogP contribution in [0.4, 0.5) is 11.4 Å². The van der Waals surface area contributed by atoms with Crippen LogP contribution >= 0.6 is 11.6 Å². The van der Waals surface area contributed by atoms with Crippen molar-refractivity contribution in [3.05, 3.63) is 266 Å². The van der Waals surface area contributed by atoms with Crippen LogP contribution in [-0.4, -0.2) is 9.97 Å². The minimum Gasteiger partial charge on any atom is -0.456 e. The lowest BCUT2D eigenvalue weighted by Crippen LogP contribution is -1.93. The third-order valence-electron chi connectivity index (χ3n) is 15.2. The fraction of sp³-hybridized carbons (Fsp3) is 0. The van der Waals surface area contributed by atoms with Crippen molar-refractivity contribution in [1.29, 1.82) is 0 Å². The highest BCUT2D eigenvalue weighted by molar-refractivity contribution is 6.33. The summed E-state index contributed by atoms with van der Waals surface area (Å²) in [5, 5.41) is 8.96. The van der Waals surface area contributed by atoms with Gasteiger partial charge in [0, 0.05) is 82.7 Å². The lowest BCUT2D eigenvalue weighted by atomic mass is 9.92. The Morgan fingerprint density at radius 3 is 1.34 bits per heavy atom. The first-order valence-electron chi connectivity index (χ1n) is 26.4. The standard InChI is InChI=1S/C24H16ClNO.2C24H15NO/c25-21-10-4-5-11-22(21)26-16-13-14-24-20(15-16)18-8-2-1-7-17(18)19-9-3-6-12-23(19)27-24;1-2-9-17-15(7-1)16-8-4-6-12-21(16)26-22-14-13-20-23(24(17)22)18-10-3-5-11-19(18)25-20;1-2-8-16-15(7-1)18-10-4-6-12-23(18)26-24-14-19-17-9-3-5-11-21(17)25-22(19)13-20(16)24/h1-15,26H;2*1-14,25H. The molecule has 0 unspecified atom stereocenters. The topological polar surface area (TPSA) is 71.3 Å². The molecule has 7 heteroatoms. The van der Waals surface area contributed by atoms with Gasteiger partial charge in [0.1, 0.15) is 34.5 Å². The number of ether oxygens (including phenoxy) is 3. The molecule has 79 heavy (non-hydrogen) atoms. The molecular formula is C72H46ClN3O3. The molecule has 6 nitrogen and oxygen atoms in total. The number of rotatable bonds is 2. The molecule has 3 aliphatic heterocycles. The van der Waals surface area contributed by atoms with Gasteiger partial charge in [-0.15, -0.1) is 0 Å². The van der Waals surface area contributed by atoms with Gasteiger partial charge in [0.15, 0.2) is 0 Å². The number of benzene rings is 12. The smallest absolute Gasteiger partial charge is 0.136 e. The summed E-state index contributed by atoms with van der Waals surface area (Å²) in [5.41, 5.74) is 20.3. The maximum absolute atomic E-state index is 6.40. The number of halogens is 1. The van der Waals surface area contributed by atoms with E-state index in [9.17, 15) is 0 Å². The highest BCUT2D eigenvalue weighted by atomic mass is 35.5. The Morgan fingerprint density at radius 2 is 0.709 bits per heavy atom. The summed E-state index contributed by atoms with van der Waals surface area (Å²) in [6, 6.07) is 89.5. The third kappa shape index (κ3) is 8.04. The zero-order valence-electron chi connectivity index (χ0n) is 42.4. The number of anilines is 2. The summed E-state index contributed by atoms with van der Waals surface area (Å²) in [6.07, 6.45) is 0. The van der Waals surface area contributed by atoms with Crippen LogP contribution in [0, 0.1) is 0 Å². The minimum absolute atomic E-state index is 0.691. The van der Waals surface area contributed by atoms with E-state index in [0.717, 1.165) is 107 Å². The number of hydrogen-bond acceptors (Lipinski definition) is 4. The van der Waals surface area contributed by atoms with Gasteiger partial charge in [0.2, 0.25) is 0 Å². The van der Waals surface area contributed by atoms with E-state index < -0.39 is 0 Å². The number of para-hydroxylation sites is 6. The second-order valence-electron chi connectivity index (χ2n) is 19.8. The normalized spacial score (nSPS) is 11.9. The van der Waals surface area contributed by atoms with E-state index in [4.69, 9.17) is 25.8 Å². The van der Waals surface area contributed by atoms with Crippen molar-refractivity contribution >= 4 is 66.6 Å². The molecule has 0 saturated carbocycles. The van der Waals surface area contributed by atoms with Gasteiger partial charge in [-0.3, -0.25) is 0 Å². The quantitative estimate of drug-likeness (QED) is 0.161. The molecule has 0 radical (unpaired) electrons. The molecule has 374 valence electrons. The van der Waals surface area contributed by atoms with Crippen LogP contribution in [0.5, 0.6) is 34.5 Å². The van der Waals surface area contributed by atoms with Gasteiger partial charge in [-0.2, -0.15) is 0 Å². The second-order valence-corrected chi connectivity index (χ2v) is 20.3. The van der Waals surface area contributed by atoms with Crippen molar-refractivity contribution < 1.29 is 14.2 Å². The van der Waals surface area contributed by atoms with E-state index in [2.05, 4.69) is 197 Å². The summed E-state index contributed by atoms with van der Waals surface area (Å²) in [7, 11) is 0. The SMILES string of the molecule is Clc1ccccc1Nc1ccc2c(c1)-c1ccccc1-c1ccccc1O2.c1ccc2c(c1)Oc1cc3c(cc1-c1ccccc1-2)[nH]c1ccccc13.c1ccc2c(c1)Oc1ccc3[nH]c4ccccc4c3c1-c1ccccc1-2. The van der Waals surface area contributed by atoms with E-state index in [1.807, 2.05) is 78.9 Å². The molecule has 0 saturated heterocycles. The average Bonchev–Trinajstić information content (AvgIpc) is 4.16. The van der Waals surface area contributed by atoms with Crippen molar-refractivity contribution in [2.75, 3.05) is 5.32 Å². The lowest BCUT2D eigenvalue weighted by molar-refractivity contribution is 0.487. The van der Waals surface area contributed by atoms with Crippen LogP contribution in [0.1, 0.15) is 0 Å².